The Morgan fingerprint density at radius 1 is 1.35 bits per heavy atom. The second-order valence-corrected chi connectivity index (χ2v) is 5.61. The normalized spacial score (nSPS) is 22.4. The summed E-state index contributed by atoms with van der Waals surface area (Å²) in [4.78, 5) is 16.3. The first kappa shape index (κ1) is 13.3. The van der Waals surface area contributed by atoms with Gasteiger partial charge >= 0.3 is 0 Å². The monoisotopic (exact) mass is 271 g/mol. The molecule has 1 aromatic carbocycles. The van der Waals surface area contributed by atoms with Crippen LogP contribution < -0.4 is 10.9 Å². The third-order valence-corrected chi connectivity index (χ3v) is 4.51. The zero-order chi connectivity index (χ0) is 13.9. The number of aryl methyl sites for hydroxylation is 1. The van der Waals surface area contributed by atoms with E-state index in [1.165, 1.54) is 25.5 Å². The van der Waals surface area contributed by atoms with Crippen LogP contribution in [-0.2, 0) is 6.54 Å². The summed E-state index contributed by atoms with van der Waals surface area (Å²) in [5.74, 6) is 0.679. The fourth-order valence-electron chi connectivity index (χ4n) is 3.40. The Hall–Kier alpha value is -1.68. The SMILES string of the molecule is CNC1CCCC1CCn1c(=O)cnc2ccccc21. The van der Waals surface area contributed by atoms with E-state index in [1.807, 2.05) is 35.9 Å². The number of aromatic nitrogens is 2. The van der Waals surface area contributed by atoms with Crippen LogP contribution in [0.3, 0.4) is 0 Å². The predicted octanol–water partition coefficient (Wildman–Crippen LogP) is 2.17. The molecule has 2 unspecified atom stereocenters. The molecule has 4 nitrogen and oxygen atoms in total. The summed E-state index contributed by atoms with van der Waals surface area (Å²) in [6.07, 6.45) is 6.31. The summed E-state index contributed by atoms with van der Waals surface area (Å²) < 4.78 is 1.87. The van der Waals surface area contributed by atoms with Gasteiger partial charge in [-0.25, -0.2) is 4.98 Å². The Bertz CT molecular complexity index is 649. The first-order valence-corrected chi connectivity index (χ1v) is 7.41. The van der Waals surface area contributed by atoms with Gasteiger partial charge in [-0.1, -0.05) is 18.6 Å². The van der Waals surface area contributed by atoms with Gasteiger partial charge in [-0.2, -0.15) is 0 Å². The Kier molecular flexibility index (Phi) is 3.83. The van der Waals surface area contributed by atoms with Crippen LogP contribution in [-0.4, -0.2) is 22.6 Å². The maximum Gasteiger partial charge on any atom is 0.269 e. The Balaban J connectivity index is 1.84. The van der Waals surface area contributed by atoms with Crippen LogP contribution in [0.1, 0.15) is 25.7 Å². The molecule has 4 heteroatoms. The lowest BCUT2D eigenvalue weighted by Crippen LogP contribution is -2.30. The molecule has 1 N–H and O–H groups in total. The molecule has 1 saturated carbocycles. The second-order valence-electron chi connectivity index (χ2n) is 5.61. The number of nitrogens with zero attached hydrogens (tertiary/aromatic N) is 2. The lowest BCUT2D eigenvalue weighted by molar-refractivity contribution is 0.378. The van der Waals surface area contributed by atoms with E-state index in [9.17, 15) is 4.79 Å². The molecule has 1 heterocycles. The summed E-state index contributed by atoms with van der Waals surface area (Å²) in [6.45, 7) is 0.782. The van der Waals surface area contributed by atoms with Gasteiger partial charge in [0.15, 0.2) is 0 Å². The van der Waals surface area contributed by atoms with Crippen molar-refractivity contribution in [3.63, 3.8) is 0 Å². The molecule has 20 heavy (non-hydrogen) atoms. The van der Waals surface area contributed by atoms with Gasteiger partial charge in [0.1, 0.15) is 0 Å². The molecule has 0 radical (unpaired) electrons. The number of fused-ring (bicyclic) bond motifs is 1. The van der Waals surface area contributed by atoms with Crippen molar-refractivity contribution in [1.29, 1.82) is 0 Å². The van der Waals surface area contributed by atoms with E-state index in [4.69, 9.17) is 0 Å². The van der Waals surface area contributed by atoms with Crippen molar-refractivity contribution in [2.75, 3.05) is 7.05 Å². The summed E-state index contributed by atoms with van der Waals surface area (Å²) >= 11 is 0. The van der Waals surface area contributed by atoms with Crippen LogP contribution in [0.5, 0.6) is 0 Å². The summed E-state index contributed by atoms with van der Waals surface area (Å²) in [6, 6.07) is 8.47. The summed E-state index contributed by atoms with van der Waals surface area (Å²) in [5.41, 5.74) is 1.84. The smallest absolute Gasteiger partial charge is 0.269 e. The average molecular weight is 271 g/mol. The van der Waals surface area contributed by atoms with Crippen LogP contribution >= 0.6 is 0 Å². The van der Waals surface area contributed by atoms with Gasteiger partial charge < -0.3 is 9.88 Å². The molecule has 106 valence electrons. The van der Waals surface area contributed by atoms with E-state index in [-0.39, 0.29) is 5.56 Å². The van der Waals surface area contributed by atoms with Crippen molar-refractivity contribution in [2.45, 2.75) is 38.3 Å². The van der Waals surface area contributed by atoms with Gasteiger partial charge in [-0.3, -0.25) is 4.79 Å². The Morgan fingerprint density at radius 2 is 2.20 bits per heavy atom. The fourth-order valence-corrected chi connectivity index (χ4v) is 3.40. The minimum atomic E-state index is 0.00250. The number of hydrogen-bond acceptors (Lipinski definition) is 3. The van der Waals surface area contributed by atoms with Crippen molar-refractivity contribution in [2.24, 2.45) is 5.92 Å². The number of rotatable bonds is 4. The third-order valence-electron chi connectivity index (χ3n) is 4.51. The van der Waals surface area contributed by atoms with E-state index in [0.29, 0.717) is 12.0 Å². The third kappa shape index (κ3) is 2.48. The maximum atomic E-state index is 12.1. The number of benzene rings is 1. The van der Waals surface area contributed by atoms with Crippen molar-refractivity contribution in [3.8, 4) is 0 Å². The van der Waals surface area contributed by atoms with E-state index < -0.39 is 0 Å². The van der Waals surface area contributed by atoms with Crippen molar-refractivity contribution in [1.82, 2.24) is 14.9 Å². The predicted molar refractivity (Wildman–Crippen MR) is 80.8 cm³/mol. The molecule has 2 aromatic rings. The molecule has 1 aliphatic rings. The van der Waals surface area contributed by atoms with E-state index in [2.05, 4.69) is 10.3 Å². The van der Waals surface area contributed by atoms with Crippen molar-refractivity contribution < 1.29 is 0 Å². The molecule has 1 aliphatic carbocycles. The lowest BCUT2D eigenvalue weighted by Gasteiger charge is -2.19. The molecule has 1 fully saturated rings. The first-order valence-electron chi connectivity index (χ1n) is 7.41. The van der Waals surface area contributed by atoms with Crippen molar-refractivity contribution >= 4 is 11.0 Å². The van der Waals surface area contributed by atoms with Gasteiger partial charge in [0, 0.05) is 12.6 Å². The molecule has 3 rings (SSSR count). The second kappa shape index (κ2) is 5.75. The van der Waals surface area contributed by atoms with Crippen LogP contribution in [0.4, 0.5) is 0 Å². The highest BCUT2D eigenvalue weighted by atomic mass is 16.1. The topological polar surface area (TPSA) is 46.9 Å². The summed E-state index contributed by atoms with van der Waals surface area (Å²) in [7, 11) is 2.04. The Labute approximate surface area is 118 Å². The maximum absolute atomic E-state index is 12.1. The fraction of sp³-hybridized carbons (Fsp3) is 0.500. The molecule has 0 saturated heterocycles. The number of hydrogen-bond donors (Lipinski definition) is 1. The van der Waals surface area contributed by atoms with Crippen LogP contribution in [0.2, 0.25) is 0 Å². The highest BCUT2D eigenvalue weighted by Crippen LogP contribution is 2.28. The highest BCUT2D eigenvalue weighted by Gasteiger charge is 2.25. The Morgan fingerprint density at radius 3 is 3.05 bits per heavy atom. The van der Waals surface area contributed by atoms with E-state index in [1.54, 1.807) is 0 Å². The zero-order valence-electron chi connectivity index (χ0n) is 11.9. The standard InChI is InChI=1S/C16H21N3O/c1-17-13-7-4-5-12(13)9-10-19-15-8-3-2-6-14(15)18-11-16(19)20/h2-3,6,8,11-13,17H,4-5,7,9-10H2,1H3. The molecular weight excluding hydrogens is 250 g/mol. The number of nitrogens with one attached hydrogen (secondary N) is 1. The molecule has 1 aromatic heterocycles. The van der Waals surface area contributed by atoms with E-state index in [0.717, 1.165) is 24.0 Å². The molecule has 0 amide bonds. The summed E-state index contributed by atoms with van der Waals surface area (Å²) in [5, 5.41) is 3.40. The van der Waals surface area contributed by atoms with Crippen LogP contribution in [0.25, 0.3) is 11.0 Å². The van der Waals surface area contributed by atoms with Gasteiger partial charge in [0.2, 0.25) is 0 Å². The quantitative estimate of drug-likeness (QED) is 0.927. The minimum absolute atomic E-state index is 0.00250. The van der Waals surface area contributed by atoms with Gasteiger partial charge in [-0.05, 0) is 44.4 Å². The first-order chi connectivity index (χ1) is 9.79. The van der Waals surface area contributed by atoms with Crippen LogP contribution in [0, 0.1) is 5.92 Å². The van der Waals surface area contributed by atoms with Crippen molar-refractivity contribution in [3.05, 3.63) is 40.8 Å². The van der Waals surface area contributed by atoms with Gasteiger partial charge in [0.05, 0.1) is 17.2 Å². The lowest BCUT2D eigenvalue weighted by atomic mass is 9.99. The molecule has 2 atom stereocenters. The molecule has 0 bridgehead atoms. The van der Waals surface area contributed by atoms with Gasteiger partial charge in [0.25, 0.3) is 5.56 Å². The zero-order valence-corrected chi connectivity index (χ0v) is 11.9. The molecular formula is C16H21N3O. The molecule has 0 aliphatic heterocycles. The minimum Gasteiger partial charge on any atom is -0.317 e. The van der Waals surface area contributed by atoms with Gasteiger partial charge in [-0.15, -0.1) is 0 Å². The molecule has 0 spiro atoms. The van der Waals surface area contributed by atoms with E-state index >= 15 is 0 Å². The highest BCUT2D eigenvalue weighted by molar-refractivity contribution is 5.74. The number of para-hydroxylation sites is 2. The van der Waals surface area contributed by atoms with Crippen LogP contribution in [0.15, 0.2) is 35.3 Å². The average Bonchev–Trinajstić information content (AvgIpc) is 2.94. The largest absolute Gasteiger partial charge is 0.317 e.